The molecule has 2 aromatic rings. The van der Waals surface area contributed by atoms with Gasteiger partial charge in [-0.3, -0.25) is 4.79 Å². The van der Waals surface area contributed by atoms with Crippen LogP contribution >= 0.6 is 11.8 Å². The van der Waals surface area contributed by atoms with E-state index in [4.69, 9.17) is 0 Å². The molecule has 0 radical (unpaired) electrons. The number of nitrogens with zero attached hydrogens (tertiary/aromatic N) is 4. The van der Waals surface area contributed by atoms with Gasteiger partial charge in [0, 0.05) is 11.4 Å². The number of carbonyl (C=O) groups is 1. The van der Waals surface area contributed by atoms with E-state index in [9.17, 15) is 4.79 Å². The zero-order valence-corrected chi connectivity index (χ0v) is 11.2. The molecule has 0 aliphatic rings. The summed E-state index contributed by atoms with van der Waals surface area (Å²) in [6.07, 6.45) is 2.35. The molecule has 1 amide bonds. The van der Waals surface area contributed by atoms with E-state index in [2.05, 4.69) is 33.0 Å². The van der Waals surface area contributed by atoms with Gasteiger partial charge in [-0.05, 0) is 34.7 Å². The smallest absolute Gasteiger partial charge is 0.241 e. The Balaban J connectivity index is 1.56. The Hall–Kier alpha value is -1.89. The molecule has 0 fully saturated rings. The monoisotopic (exact) mass is 277 g/mol. The molecular weight excluding hydrogens is 262 g/mol. The fourth-order valence-corrected chi connectivity index (χ4v) is 2.34. The van der Waals surface area contributed by atoms with Gasteiger partial charge in [0.05, 0.1) is 0 Å². The second kappa shape index (κ2) is 7.52. The van der Waals surface area contributed by atoms with Crippen LogP contribution in [0, 0.1) is 0 Å². The number of amides is 1. The molecule has 2 rings (SSSR count). The van der Waals surface area contributed by atoms with Crippen molar-refractivity contribution < 1.29 is 4.79 Å². The van der Waals surface area contributed by atoms with E-state index in [1.807, 2.05) is 18.2 Å². The fraction of sp³-hybridized carbons (Fsp3) is 0.333. The van der Waals surface area contributed by atoms with Crippen LogP contribution in [-0.4, -0.2) is 38.4 Å². The predicted octanol–water partition coefficient (Wildman–Crippen LogP) is 0.972. The fourth-order valence-electron chi connectivity index (χ4n) is 1.46. The van der Waals surface area contributed by atoms with Gasteiger partial charge in [-0.15, -0.1) is 16.9 Å². The van der Waals surface area contributed by atoms with Crippen molar-refractivity contribution in [3.8, 4) is 0 Å². The highest BCUT2D eigenvalue weighted by atomic mass is 32.2. The van der Waals surface area contributed by atoms with Crippen molar-refractivity contribution in [1.29, 1.82) is 0 Å². The number of rotatable bonds is 7. The maximum Gasteiger partial charge on any atom is 0.241 e. The Morgan fingerprint density at radius 3 is 2.89 bits per heavy atom. The second-order valence-electron chi connectivity index (χ2n) is 3.87. The highest BCUT2D eigenvalue weighted by molar-refractivity contribution is 7.99. The van der Waals surface area contributed by atoms with Crippen molar-refractivity contribution in [2.75, 3.05) is 12.3 Å². The van der Waals surface area contributed by atoms with E-state index in [0.29, 0.717) is 6.54 Å². The van der Waals surface area contributed by atoms with Gasteiger partial charge in [0.1, 0.15) is 12.9 Å². The third-order valence-electron chi connectivity index (χ3n) is 2.35. The first-order valence-corrected chi connectivity index (χ1v) is 6.98. The van der Waals surface area contributed by atoms with Crippen LogP contribution in [0.25, 0.3) is 0 Å². The molecule has 100 valence electrons. The Labute approximate surface area is 115 Å². The lowest BCUT2D eigenvalue weighted by Crippen LogP contribution is -2.28. The molecule has 0 aliphatic heterocycles. The van der Waals surface area contributed by atoms with E-state index in [1.165, 1.54) is 15.9 Å². The topological polar surface area (TPSA) is 72.7 Å². The lowest BCUT2D eigenvalue weighted by Gasteiger charge is -2.04. The van der Waals surface area contributed by atoms with E-state index in [0.717, 1.165) is 12.2 Å². The summed E-state index contributed by atoms with van der Waals surface area (Å²) in [6.45, 7) is 0.833. The minimum Gasteiger partial charge on any atom is -0.354 e. The van der Waals surface area contributed by atoms with Crippen LogP contribution in [0.4, 0.5) is 0 Å². The molecule has 19 heavy (non-hydrogen) atoms. The molecular formula is C12H15N5OS. The van der Waals surface area contributed by atoms with Gasteiger partial charge in [0.2, 0.25) is 5.91 Å². The molecule has 7 heteroatoms. The molecule has 0 spiro atoms. The number of thioether (sulfide) groups is 1. The molecule has 0 atom stereocenters. The van der Waals surface area contributed by atoms with Crippen molar-refractivity contribution in [2.24, 2.45) is 0 Å². The van der Waals surface area contributed by atoms with Crippen LogP contribution in [0.5, 0.6) is 0 Å². The Morgan fingerprint density at radius 1 is 1.32 bits per heavy atom. The number of hydrogen-bond acceptors (Lipinski definition) is 5. The number of nitrogens with one attached hydrogen (secondary N) is 1. The van der Waals surface area contributed by atoms with E-state index in [1.54, 1.807) is 11.8 Å². The largest absolute Gasteiger partial charge is 0.354 e. The molecule has 1 N–H and O–H groups in total. The molecule has 1 heterocycles. The second-order valence-corrected chi connectivity index (χ2v) is 5.04. The van der Waals surface area contributed by atoms with Crippen molar-refractivity contribution in [1.82, 2.24) is 25.5 Å². The number of benzene rings is 1. The highest BCUT2D eigenvalue weighted by Gasteiger charge is 2.02. The van der Waals surface area contributed by atoms with E-state index < -0.39 is 0 Å². The van der Waals surface area contributed by atoms with Crippen LogP contribution in [0.3, 0.4) is 0 Å². The maximum absolute atomic E-state index is 11.5. The summed E-state index contributed by atoms with van der Waals surface area (Å²) in [6, 6.07) is 10.2. The minimum atomic E-state index is -0.0722. The molecule has 0 unspecified atom stereocenters. The summed E-state index contributed by atoms with van der Waals surface area (Å²) in [5.41, 5.74) is 0. The summed E-state index contributed by atoms with van der Waals surface area (Å²) in [4.78, 5) is 12.8. The van der Waals surface area contributed by atoms with Gasteiger partial charge >= 0.3 is 0 Å². The molecule has 0 saturated carbocycles. The summed E-state index contributed by atoms with van der Waals surface area (Å²) in [7, 11) is 0. The van der Waals surface area contributed by atoms with Crippen molar-refractivity contribution >= 4 is 17.7 Å². The average Bonchev–Trinajstić information content (AvgIpc) is 2.92. The van der Waals surface area contributed by atoms with Gasteiger partial charge in [-0.25, -0.2) is 4.68 Å². The third kappa shape index (κ3) is 5.09. The van der Waals surface area contributed by atoms with Gasteiger partial charge in [-0.2, -0.15) is 0 Å². The standard InChI is InChI=1S/C12H15N5OS/c18-12(9-17-10-14-15-16-17)13-7-4-8-19-11-5-2-1-3-6-11/h1-3,5-6,10H,4,7-9H2,(H,13,18). The van der Waals surface area contributed by atoms with Crippen LogP contribution in [0.1, 0.15) is 6.42 Å². The number of hydrogen-bond donors (Lipinski definition) is 1. The van der Waals surface area contributed by atoms with Gasteiger partial charge in [0.25, 0.3) is 0 Å². The molecule has 1 aromatic heterocycles. The maximum atomic E-state index is 11.5. The van der Waals surface area contributed by atoms with Crippen LogP contribution < -0.4 is 5.32 Å². The van der Waals surface area contributed by atoms with Crippen molar-refractivity contribution in [2.45, 2.75) is 17.9 Å². The lowest BCUT2D eigenvalue weighted by atomic mass is 10.4. The summed E-state index contributed by atoms with van der Waals surface area (Å²) < 4.78 is 1.40. The summed E-state index contributed by atoms with van der Waals surface area (Å²) in [5, 5.41) is 13.4. The van der Waals surface area contributed by atoms with E-state index >= 15 is 0 Å². The summed E-state index contributed by atoms with van der Waals surface area (Å²) in [5.74, 6) is 0.909. The first-order chi connectivity index (χ1) is 9.34. The molecule has 6 nitrogen and oxygen atoms in total. The van der Waals surface area contributed by atoms with Gasteiger partial charge < -0.3 is 5.32 Å². The highest BCUT2D eigenvalue weighted by Crippen LogP contribution is 2.17. The van der Waals surface area contributed by atoms with Crippen LogP contribution in [0.2, 0.25) is 0 Å². The molecule has 0 bridgehead atoms. The van der Waals surface area contributed by atoms with Gasteiger partial charge in [-0.1, -0.05) is 18.2 Å². The minimum absolute atomic E-state index is 0.0722. The Kier molecular flexibility index (Phi) is 5.36. The van der Waals surface area contributed by atoms with Crippen molar-refractivity contribution in [3.05, 3.63) is 36.7 Å². The lowest BCUT2D eigenvalue weighted by molar-refractivity contribution is -0.121. The quantitative estimate of drug-likeness (QED) is 0.603. The Morgan fingerprint density at radius 2 is 2.16 bits per heavy atom. The normalized spacial score (nSPS) is 10.3. The summed E-state index contributed by atoms with van der Waals surface area (Å²) >= 11 is 1.79. The van der Waals surface area contributed by atoms with Crippen LogP contribution in [0.15, 0.2) is 41.6 Å². The Bertz CT molecular complexity index is 488. The van der Waals surface area contributed by atoms with Crippen molar-refractivity contribution in [3.63, 3.8) is 0 Å². The molecule has 1 aromatic carbocycles. The predicted molar refractivity (Wildman–Crippen MR) is 72.6 cm³/mol. The zero-order valence-electron chi connectivity index (χ0n) is 10.4. The first kappa shape index (κ1) is 13.5. The number of aromatic nitrogens is 4. The molecule has 0 aliphatic carbocycles. The first-order valence-electron chi connectivity index (χ1n) is 6.00. The number of carbonyl (C=O) groups excluding carboxylic acids is 1. The van der Waals surface area contributed by atoms with E-state index in [-0.39, 0.29) is 12.5 Å². The molecule has 0 saturated heterocycles. The number of tetrazole rings is 1. The SMILES string of the molecule is O=C(Cn1cnnn1)NCCCSc1ccccc1. The third-order valence-corrected chi connectivity index (χ3v) is 3.45. The van der Waals surface area contributed by atoms with Crippen LogP contribution in [-0.2, 0) is 11.3 Å². The zero-order chi connectivity index (χ0) is 13.3. The van der Waals surface area contributed by atoms with Gasteiger partial charge in [0.15, 0.2) is 0 Å². The average molecular weight is 277 g/mol.